The van der Waals surface area contributed by atoms with Crippen LogP contribution in [0, 0.1) is 28.8 Å². The summed E-state index contributed by atoms with van der Waals surface area (Å²) < 4.78 is 40.1. The summed E-state index contributed by atoms with van der Waals surface area (Å²) in [5, 5.41) is 11.4. The van der Waals surface area contributed by atoms with Gasteiger partial charge in [0.05, 0.1) is 11.6 Å². The minimum absolute atomic E-state index is 0.0418. The van der Waals surface area contributed by atoms with Crippen LogP contribution in [0.1, 0.15) is 16.7 Å². The van der Waals surface area contributed by atoms with E-state index in [1.807, 2.05) is 0 Å². The molecule has 0 aliphatic heterocycles. The molecule has 0 aliphatic carbocycles. The van der Waals surface area contributed by atoms with E-state index in [-0.39, 0.29) is 30.0 Å². The van der Waals surface area contributed by atoms with Crippen molar-refractivity contribution in [2.45, 2.75) is 13.1 Å². The standard InChI is InChI=1S/C15H11F3N2/c16-12-3-1-2-10(4-12)8-20-9-13-14(17)5-11(7-19)6-15(13)18/h1-6,20H,8-9H2. The molecule has 2 aromatic rings. The highest BCUT2D eigenvalue weighted by Crippen LogP contribution is 2.15. The Kier molecular flexibility index (Phi) is 4.38. The third-order valence-electron chi connectivity index (χ3n) is 2.79. The Morgan fingerprint density at radius 1 is 1.00 bits per heavy atom. The Morgan fingerprint density at radius 2 is 1.70 bits per heavy atom. The molecule has 2 aromatic carbocycles. The predicted molar refractivity (Wildman–Crippen MR) is 68.0 cm³/mol. The van der Waals surface area contributed by atoms with E-state index >= 15 is 0 Å². The second kappa shape index (κ2) is 6.22. The lowest BCUT2D eigenvalue weighted by atomic mass is 10.1. The number of nitriles is 1. The van der Waals surface area contributed by atoms with Crippen LogP contribution in [0.3, 0.4) is 0 Å². The smallest absolute Gasteiger partial charge is 0.131 e. The lowest BCUT2D eigenvalue weighted by Crippen LogP contribution is -2.15. The van der Waals surface area contributed by atoms with Crippen LogP contribution in [0.2, 0.25) is 0 Å². The molecule has 0 heterocycles. The van der Waals surface area contributed by atoms with Crippen molar-refractivity contribution in [1.82, 2.24) is 5.32 Å². The molecule has 1 N–H and O–H groups in total. The van der Waals surface area contributed by atoms with Crippen molar-refractivity contribution >= 4 is 0 Å². The van der Waals surface area contributed by atoms with E-state index in [2.05, 4.69) is 5.32 Å². The maximum Gasteiger partial charge on any atom is 0.131 e. The van der Waals surface area contributed by atoms with Crippen molar-refractivity contribution in [2.24, 2.45) is 0 Å². The van der Waals surface area contributed by atoms with Crippen LogP contribution in [0.15, 0.2) is 36.4 Å². The lowest BCUT2D eigenvalue weighted by molar-refractivity contribution is 0.534. The molecule has 2 rings (SSSR count). The van der Waals surface area contributed by atoms with Gasteiger partial charge in [0.25, 0.3) is 0 Å². The molecule has 20 heavy (non-hydrogen) atoms. The van der Waals surface area contributed by atoms with Gasteiger partial charge in [0.15, 0.2) is 0 Å². The summed E-state index contributed by atoms with van der Waals surface area (Å²) in [6.07, 6.45) is 0. The molecule has 0 fully saturated rings. The van der Waals surface area contributed by atoms with Gasteiger partial charge in [0, 0.05) is 18.7 Å². The normalized spacial score (nSPS) is 10.3. The number of halogens is 3. The van der Waals surface area contributed by atoms with Crippen LogP contribution in [0.4, 0.5) is 13.2 Å². The number of nitrogens with one attached hydrogen (secondary N) is 1. The molecule has 0 aromatic heterocycles. The first-order valence-electron chi connectivity index (χ1n) is 5.93. The molecule has 0 amide bonds. The molecule has 0 bridgehead atoms. The van der Waals surface area contributed by atoms with Crippen molar-refractivity contribution in [3.05, 3.63) is 70.5 Å². The van der Waals surface area contributed by atoms with Crippen LogP contribution in [0.25, 0.3) is 0 Å². The highest BCUT2D eigenvalue weighted by atomic mass is 19.1. The third-order valence-corrected chi connectivity index (χ3v) is 2.79. The second-order valence-corrected chi connectivity index (χ2v) is 4.26. The highest BCUT2D eigenvalue weighted by Gasteiger charge is 2.10. The van der Waals surface area contributed by atoms with Crippen molar-refractivity contribution in [3.63, 3.8) is 0 Å². The second-order valence-electron chi connectivity index (χ2n) is 4.26. The topological polar surface area (TPSA) is 35.8 Å². The van der Waals surface area contributed by atoms with Crippen LogP contribution in [-0.4, -0.2) is 0 Å². The average molecular weight is 276 g/mol. The summed E-state index contributed by atoms with van der Waals surface area (Å²) in [5.41, 5.74) is 0.480. The fraction of sp³-hybridized carbons (Fsp3) is 0.133. The van der Waals surface area contributed by atoms with Crippen LogP contribution in [-0.2, 0) is 13.1 Å². The van der Waals surface area contributed by atoms with Gasteiger partial charge >= 0.3 is 0 Å². The minimum atomic E-state index is -0.770. The van der Waals surface area contributed by atoms with E-state index < -0.39 is 11.6 Å². The lowest BCUT2D eigenvalue weighted by Gasteiger charge is -2.08. The van der Waals surface area contributed by atoms with E-state index in [1.54, 1.807) is 18.2 Å². The van der Waals surface area contributed by atoms with Crippen molar-refractivity contribution in [1.29, 1.82) is 5.26 Å². The number of hydrogen-bond donors (Lipinski definition) is 1. The summed E-state index contributed by atoms with van der Waals surface area (Å²) >= 11 is 0. The Labute approximate surface area is 114 Å². The molecule has 0 saturated heterocycles. The van der Waals surface area contributed by atoms with Gasteiger partial charge < -0.3 is 5.32 Å². The Hall–Kier alpha value is -2.32. The summed E-state index contributed by atoms with van der Waals surface area (Å²) in [7, 11) is 0. The van der Waals surface area contributed by atoms with Crippen molar-refractivity contribution in [3.8, 4) is 6.07 Å². The van der Waals surface area contributed by atoms with Gasteiger partial charge in [-0.25, -0.2) is 13.2 Å². The summed E-state index contributed by atoms with van der Waals surface area (Å²) in [6.45, 7) is 0.247. The van der Waals surface area contributed by atoms with Crippen LogP contribution in [0.5, 0.6) is 0 Å². The predicted octanol–water partition coefficient (Wildman–Crippen LogP) is 3.27. The Balaban J connectivity index is 2.03. The van der Waals surface area contributed by atoms with Gasteiger partial charge in [-0.1, -0.05) is 12.1 Å². The first-order chi connectivity index (χ1) is 9.60. The third kappa shape index (κ3) is 3.37. The van der Waals surface area contributed by atoms with Crippen LogP contribution >= 0.6 is 0 Å². The molecule has 0 unspecified atom stereocenters. The zero-order valence-corrected chi connectivity index (χ0v) is 10.5. The number of benzene rings is 2. The number of rotatable bonds is 4. The quantitative estimate of drug-likeness (QED) is 0.930. The van der Waals surface area contributed by atoms with Gasteiger partial charge in [0.2, 0.25) is 0 Å². The van der Waals surface area contributed by atoms with E-state index in [9.17, 15) is 13.2 Å². The van der Waals surface area contributed by atoms with Gasteiger partial charge in [-0.15, -0.1) is 0 Å². The average Bonchev–Trinajstić information content (AvgIpc) is 2.41. The molecular formula is C15H11F3N2. The molecule has 0 saturated carbocycles. The van der Waals surface area contributed by atoms with E-state index in [0.717, 1.165) is 12.1 Å². The highest BCUT2D eigenvalue weighted by molar-refractivity contribution is 5.34. The molecular weight excluding hydrogens is 265 g/mol. The number of nitrogens with zero attached hydrogens (tertiary/aromatic N) is 1. The zero-order chi connectivity index (χ0) is 14.5. The molecule has 0 radical (unpaired) electrons. The first-order valence-corrected chi connectivity index (χ1v) is 5.93. The summed E-state index contributed by atoms with van der Waals surface area (Å²) in [5.74, 6) is -1.90. The fourth-order valence-electron chi connectivity index (χ4n) is 1.82. The number of hydrogen-bond acceptors (Lipinski definition) is 2. The first kappa shape index (κ1) is 14.1. The summed E-state index contributed by atoms with van der Waals surface area (Å²) in [4.78, 5) is 0. The molecule has 0 atom stereocenters. The zero-order valence-electron chi connectivity index (χ0n) is 10.5. The molecule has 2 nitrogen and oxygen atoms in total. The van der Waals surface area contributed by atoms with E-state index in [0.29, 0.717) is 5.56 Å². The monoisotopic (exact) mass is 276 g/mol. The van der Waals surface area contributed by atoms with Gasteiger partial charge in [-0.05, 0) is 29.8 Å². The molecule has 0 spiro atoms. The van der Waals surface area contributed by atoms with Crippen molar-refractivity contribution < 1.29 is 13.2 Å². The largest absolute Gasteiger partial charge is 0.308 e. The molecule has 102 valence electrons. The molecule has 0 aliphatic rings. The fourth-order valence-corrected chi connectivity index (χ4v) is 1.82. The van der Waals surface area contributed by atoms with Crippen molar-refractivity contribution in [2.75, 3.05) is 0 Å². The van der Waals surface area contributed by atoms with Gasteiger partial charge in [-0.3, -0.25) is 0 Å². The van der Waals surface area contributed by atoms with E-state index in [4.69, 9.17) is 5.26 Å². The Bertz CT molecular complexity index is 639. The SMILES string of the molecule is N#Cc1cc(F)c(CNCc2cccc(F)c2)c(F)c1. The van der Waals surface area contributed by atoms with Gasteiger partial charge in [0.1, 0.15) is 17.5 Å². The Morgan fingerprint density at radius 3 is 2.30 bits per heavy atom. The maximum absolute atomic E-state index is 13.6. The maximum atomic E-state index is 13.6. The summed E-state index contributed by atoms with van der Waals surface area (Å²) in [6, 6.07) is 9.60. The van der Waals surface area contributed by atoms with Gasteiger partial charge in [-0.2, -0.15) is 5.26 Å². The van der Waals surface area contributed by atoms with E-state index in [1.165, 1.54) is 12.1 Å². The molecule has 5 heteroatoms. The van der Waals surface area contributed by atoms with Crippen LogP contribution < -0.4 is 5.32 Å². The minimum Gasteiger partial charge on any atom is -0.308 e.